The van der Waals surface area contributed by atoms with E-state index in [4.69, 9.17) is 5.26 Å². The van der Waals surface area contributed by atoms with Gasteiger partial charge in [-0.1, -0.05) is 6.07 Å². The first-order chi connectivity index (χ1) is 9.19. The van der Waals surface area contributed by atoms with E-state index in [0.29, 0.717) is 11.1 Å². The second-order valence-corrected chi connectivity index (χ2v) is 5.18. The van der Waals surface area contributed by atoms with Crippen LogP contribution in [0.5, 0.6) is 0 Å². The van der Waals surface area contributed by atoms with Crippen LogP contribution in [0.15, 0.2) is 41.1 Å². The largest absolute Gasteiger partial charge is 0.349 e. The first-order valence-electron chi connectivity index (χ1n) is 6.01. The molecule has 0 aliphatic heterocycles. The molecule has 1 aromatic carbocycles. The highest BCUT2D eigenvalue weighted by Gasteiger charge is 2.10. The Morgan fingerprint density at radius 3 is 3.00 bits per heavy atom. The highest BCUT2D eigenvalue weighted by molar-refractivity contribution is 7.07. The Morgan fingerprint density at radius 2 is 2.32 bits per heavy atom. The third kappa shape index (κ3) is 3.67. The summed E-state index contributed by atoms with van der Waals surface area (Å²) in [7, 11) is 0. The zero-order chi connectivity index (χ0) is 13.7. The molecule has 0 spiro atoms. The molecule has 96 valence electrons. The average molecular weight is 270 g/mol. The maximum absolute atomic E-state index is 12.0. The predicted octanol–water partition coefficient (Wildman–Crippen LogP) is 2.98. The van der Waals surface area contributed by atoms with Crippen molar-refractivity contribution in [1.82, 2.24) is 5.32 Å². The Morgan fingerprint density at radius 1 is 1.47 bits per heavy atom. The molecule has 19 heavy (non-hydrogen) atoms. The topological polar surface area (TPSA) is 52.9 Å². The van der Waals surface area contributed by atoms with Crippen molar-refractivity contribution in [2.75, 3.05) is 0 Å². The van der Waals surface area contributed by atoms with Crippen molar-refractivity contribution in [3.8, 4) is 6.07 Å². The van der Waals surface area contributed by atoms with E-state index in [2.05, 4.69) is 16.8 Å². The lowest BCUT2D eigenvalue weighted by Crippen LogP contribution is -2.34. The Bertz CT molecular complexity index is 599. The average Bonchev–Trinajstić information content (AvgIpc) is 2.91. The van der Waals surface area contributed by atoms with Crippen LogP contribution in [-0.2, 0) is 6.42 Å². The Kier molecular flexibility index (Phi) is 4.32. The van der Waals surface area contributed by atoms with Gasteiger partial charge in [-0.3, -0.25) is 4.79 Å². The number of nitriles is 1. The molecule has 2 rings (SSSR count). The zero-order valence-electron chi connectivity index (χ0n) is 10.6. The van der Waals surface area contributed by atoms with Gasteiger partial charge in [-0.15, -0.1) is 0 Å². The summed E-state index contributed by atoms with van der Waals surface area (Å²) in [6.45, 7) is 1.98. The summed E-state index contributed by atoms with van der Waals surface area (Å²) in [5.41, 5.74) is 2.25. The van der Waals surface area contributed by atoms with Gasteiger partial charge in [0.2, 0.25) is 0 Å². The molecule has 0 bridgehead atoms. The van der Waals surface area contributed by atoms with Gasteiger partial charge in [-0.25, -0.2) is 0 Å². The lowest BCUT2D eigenvalue weighted by Gasteiger charge is -2.13. The quantitative estimate of drug-likeness (QED) is 0.928. The molecule has 1 heterocycles. The number of nitrogens with one attached hydrogen (secondary N) is 1. The van der Waals surface area contributed by atoms with Gasteiger partial charge in [0.05, 0.1) is 11.6 Å². The summed E-state index contributed by atoms with van der Waals surface area (Å²) in [5.74, 6) is -0.139. The van der Waals surface area contributed by atoms with Gasteiger partial charge in [0.25, 0.3) is 5.91 Å². The van der Waals surface area contributed by atoms with Gasteiger partial charge in [-0.2, -0.15) is 16.6 Å². The molecule has 4 heteroatoms. The standard InChI is InChI=1S/C15H14N2OS/c1-11(7-13-5-6-19-10-13)17-15(18)14-4-2-3-12(8-14)9-16/h2-6,8,10-11H,7H2,1H3,(H,17,18). The van der Waals surface area contributed by atoms with Crippen LogP contribution in [0.25, 0.3) is 0 Å². The summed E-state index contributed by atoms with van der Waals surface area (Å²) >= 11 is 1.65. The molecule has 0 radical (unpaired) electrons. The number of benzene rings is 1. The van der Waals surface area contributed by atoms with E-state index in [9.17, 15) is 4.79 Å². The van der Waals surface area contributed by atoms with Gasteiger partial charge < -0.3 is 5.32 Å². The predicted molar refractivity (Wildman–Crippen MR) is 76.1 cm³/mol. The second-order valence-electron chi connectivity index (χ2n) is 4.40. The van der Waals surface area contributed by atoms with Gasteiger partial charge >= 0.3 is 0 Å². The smallest absolute Gasteiger partial charge is 0.251 e. The molecule has 1 N–H and O–H groups in total. The number of carbonyl (C=O) groups is 1. The zero-order valence-corrected chi connectivity index (χ0v) is 11.4. The summed E-state index contributed by atoms with van der Waals surface area (Å²) in [6, 6.07) is 10.9. The van der Waals surface area contributed by atoms with Crippen LogP contribution in [0.2, 0.25) is 0 Å². The van der Waals surface area contributed by atoms with E-state index in [1.165, 1.54) is 5.56 Å². The molecule has 1 aromatic heterocycles. The number of nitrogens with zero attached hydrogens (tertiary/aromatic N) is 1. The highest BCUT2D eigenvalue weighted by atomic mass is 32.1. The van der Waals surface area contributed by atoms with Gasteiger partial charge in [0, 0.05) is 11.6 Å². The minimum Gasteiger partial charge on any atom is -0.349 e. The number of thiophene rings is 1. The fraction of sp³-hybridized carbons (Fsp3) is 0.200. The molecule has 0 aliphatic carbocycles. The molecule has 2 aromatic rings. The minimum absolute atomic E-state index is 0.0628. The van der Waals surface area contributed by atoms with Crippen LogP contribution in [0.4, 0.5) is 0 Å². The van der Waals surface area contributed by atoms with Crippen LogP contribution in [0.3, 0.4) is 0 Å². The first kappa shape index (κ1) is 13.3. The summed E-state index contributed by atoms with van der Waals surface area (Å²) in [6.07, 6.45) is 0.813. The third-order valence-electron chi connectivity index (χ3n) is 2.75. The van der Waals surface area contributed by atoms with Crippen molar-refractivity contribution < 1.29 is 4.79 Å². The van der Waals surface area contributed by atoms with Crippen LogP contribution >= 0.6 is 11.3 Å². The molecule has 3 nitrogen and oxygen atoms in total. The van der Waals surface area contributed by atoms with Crippen molar-refractivity contribution >= 4 is 17.2 Å². The fourth-order valence-corrected chi connectivity index (χ4v) is 2.53. The van der Waals surface area contributed by atoms with Crippen molar-refractivity contribution in [2.24, 2.45) is 0 Å². The summed E-state index contributed by atoms with van der Waals surface area (Å²) in [5, 5.41) is 15.9. The number of hydrogen-bond acceptors (Lipinski definition) is 3. The van der Waals surface area contributed by atoms with E-state index in [1.54, 1.807) is 35.6 Å². The van der Waals surface area contributed by atoms with E-state index in [1.807, 2.05) is 18.4 Å². The lowest BCUT2D eigenvalue weighted by atomic mass is 10.1. The molecule has 0 saturated carbocycles. The normalized spacial score (nSPS) is 11.6. The maximum Gasteiger partial charge on any atom is 0.251 e. The van der Waals surface area contributed by atoms with E-state index < -0.39 is 0 Å². The number of hydrogen-bond donors (Lipinski definition) is 1. The van der Waals surface area contributed by atoms with Gasteiger partial charge in [0.1, 0.15) is 0 Å². The van der Waals surface area contributed by atoms with Crippen LogP contribution in [0, 0.1) is 11.3 Å². The Hall–Kier alpha value is -2.12. The highest BCUT2D eigenvalue weighted by Crippen LogP contribution is 2.09. The molecular weight excluding hydrogens is 256 g/mol. The minimum atomic E-state index is -0.139. The van der Waals surface area contributed by atoms with Gasteiger partial charge in [-0.05, 0) is 53.9 Å². The van der Waals surface area contributed by atoms with Gasteiger partial charge in [0.15, 0.2) is 0 Å². The molecule has 1 amide bonds. The van der Waals surface area contributed by atoms with Crippen LogP contribution in [-0.4, -0.2) is 11.9 Å². The maximum atomic E-state index is 12.0. The number of amides is 1. The first-order valence-corrected chi connectivity index (χ1v) is 6.95. The molecule has 1 unspecified atom stereocenters. The molecule has 0 aliphatic rings. The van der Waals surface area contributed by atoms with Crippen molar-refractivity contribution in [2.45, 2.75) is 19.4 Å². The van der Waals surface area contributed by atoms with Crippen LogP contribution in [0.1, 0.15) is 28.4 Å². The monoisotopic (exact) mass is 270 g/mol. The molecule has 0 fully saturated rings. The number of carbonyl (C=O) groups excluding carboxylic acids is 1. The Labute approximate surface area is 116 Å². The lowest BCUT2D eigenvalue weighted by molar-refractivity contribution is 0.0940. The molecule has 1 atom stereocenters. The third-order valence-corrected chi connectivity index (χ3v) is 3.49. The van der Waals surface area contributed by atoms with Crippen LogP contribution < -0.4 is 5.32 Å². The Balaban J connectivity index is 1.98. The summed E-state index contributed by atoms with van der Waals surface area (Å²) in [4.78, 5) is 12.0. The van der Waals surface area contributed by atoms with Crippen molar-refractivity contribution in [1.29, 1.82) is 5.26 Å². The van der Waals surface area contributed by atoms with Crippen molar-refractivity contribution in [3.05, 3.63) is 57.8 Å². The van der Waals surface area contributed by atoms with E-state index >= 15 is 0 Å². The van der Waals surface area contributed by atoms with Crippen molar-refractivity contribution in [3.63, 3.8) is 0 Å². The SMILES string of the molecule is CC(Cc1ccsc1)NC(=O)c1cccc(C#N)c1. The molecular formula is C15H14N2OS. The summed E-state index contributed by atoms with van der Waals surface area (Å²) < 4.78 is 0. The second kappa shape index (κ2) is 6.17. The van der Waals surface area contributed by atoms with E-state index in [0.717, 1.165) is 6.42 Å². The fourth-order valence-electron chi connectivity index (χ4n) is 1.85. The molecule has 0 saturated heterocycles. The van der Waals surface area contributed by atoms with E-state index in [-0.39, 0.29) is 11.9 Å². The number of rotatable bonds is 4.